The summed E-state index contributed by atoms with van der Waals surface area (Å²) in [6.45, 7) is 4.55. The summed E-state index contributed by atoms with van der Waals surface area (Å²) in [5, 5.41) is 0.754. The van der Waals surface area contributed by atoms with Crippen LogP contribution in [0.4, 0.5) is 0 Å². The number of hydrogen-bond acceptors (Lipinski definition) is 5. The third kappa shape index (κ3) is 1.77. The molecule has 0 atom stereocenters. The van der Waals surface area contributed by atoms with Crippen molar-refractivity contribution in [3.63, 3.8) is 0 Å². The Labute approximate surface area is 112 Å². The van der Waals surface area contributed by atoms with Gasteiger partial charge in [0.25, 0.3) is 5.56 Å². The van der Waals surface area contributed by atoms with E-state index in [9.17, 15) is 4.79 Å². The van der Waals surface area contributed by atoms with Gasteiger partial charge in [-0.1, -0.05) is 0 Å². The fourth-order valence-corrected chi connectivity index (χ4v) is 3.44. The quantitative estimate of drug-likeness (QED) is 0.723. The molecule has 0 aliphatic heterocycles. The molecule has 3 rings (SSSR count). The predicted octanol–water partition coefficient (Wildman–Crippen LogP) is 2.58. The molecule has 6 heteroatoms. The Morgan fingerprint density at radius 3 is 2.94 bits per heavy atom. The molecule has 0 aliphatic rings. The van der Waals surface area contributed by atoms with Crippen LogP contribution in [0.3, 0.4) is 0 Å². The third-order valence-corrected chi connectivity index (χ3v) is 4.82. The molecule has 0 spiro atoms. The first kappa shape index (κ1) is 11.6. The Balaban J connectivity index is 2.17. The smallest absolute Gasteiger partial charge is 0.262 e. The largest absolute Gasteiger partial charge is 0.293 e. The molecule has 4 nitrogen and oxygen atoms in total. The summed E-state index contributed by atoms with van der Waals surface area (Å²) in [5.41, 5.74) is 1.08. The summed E-state index contributed by atoms with van der Waals surface area (Å²) in [7, 11) is 0. The van der Waals surface area contributed by atoms with Crippen LogP contribution in [0.25, 0.3) is 10.2 Å². The molecule has 0 saturated carbocycles. The maximum atomic E-state index is 12.4. The van der Waals surface area contributed by atoms with Gasteiger partial charge in [0, 0.05) is 16.0 Å². The van der Waals surface area contributed by atoms with Gasteiger partial charge in [-0.3, -0.25) is 9.36 Å². The highest BCUT2D eigenvalue weighted by Crippen LogP contribution is 2.25. The lowest BCUT2D eigenvalue weighted by molar-refractivity contribution is 0.759. The van der Waals surface area contributed by atoms with E-state index < -0.39 is 0 Å². The van der Waals surface area contributed by atoms with E-state index in [1.807, 2.05) is 19.9 Å². The molecule has 18 heavy (non-hydrogen) atoms. The van der Waals surface area contributed by atoms with E-state index in [1.54, 1.807) is 28.4 Å². The molecule has 0 fully saturated rings. The van der Waals surface area contributed by atoms with Crippen molar-refractivity contribution >= 4 is 33.1 Å². The molecule has 0 N–H and O–H groups in total. The normalized spacial score (nSPS) is 11.2. The average molecular weight is 277 g/mol. The van der Waals surface area contributed by atoms with E-state index in [0.717, 1.165) is 25.5 Å². The van der Waals surface area contributed by atoms with Crippen molar-refractivity contribution in [1.82, 2.24) is 13.9 Å². The van der Waals surface area contributed by atoms with Crippen LogP contribution in [0.15, 0.2) is 23.4 Å². The maximum Gasteiger partial charge on any atom is 0.262 e. The van der Waals surface area contributed by atoms with Gasteiger partial charge in [-0.2, -0.15) is 0 Å². The fraction of sp³-hybridized carbons (Fsp3) is 0.250. The van der Waals surface area contributed by atoms with Gasteiger partial charge < -0.3 is 0 Å². The summed E-state index contributed by atoms with van der Waals surface area (Å²) < 4.78 is 5.69. The first-order chi connectivity index (χ1) is 8.66. The second-order valence-corrected chi connectivity index (χ2v) is 6.24. The molecule has 3 aromatic rings. The van der Waals surface area contributed by atoms with Crippen molar-refractivity contribution in [2.75, 3.05) is 0 Å². The standard InChI is InChI=1S/C12H11N3OS2/c1-7-8(2)17-11-10(7)12(16)15(6-13-11)5-9-3-4-14-18-9/h3-4,6H,5H2,1-2H3. The number of thiophene rings is 1. The number of aryl methyl sites for hydroxylation is 2. The molecule has 0 radical (unpaired) electrons. The summed E-state index contributed by atoms with van der Waals surface area (Å²) in [6.07, 6.45) is 3.37. The number of nitrogens with zero attached hydrogens (tertiary/aromatic N) is 3. The lowest BCUT2D eigenvalue weighted by Gasteiger charge is -2.02. The Morgan fingerprint density at radius 2 is 2.22 bits per heavy atom. The number of fused-ring (bicyclic) bond motifs is 1. The van der Waals surface area contributed by atoms with E-state index in [4.69, 9.17) is 0 Å². The molecule has 0 unspecified atom stereocenters. The van der Waals surface area contributed by atoms with Gasteiger partial charge in [0.15, 0.2) is 0 Å². The fourth-order valence-electron chi connectivity index (χ4n) is 1.87. The predicted molar refractivity (Wildman–Crippen MR) is 74.6 cm³/mol. The minimum atomic E-state index is 0.0373. The van der Waals surface area contributed by atoms with Gasteiger partial charge >= 0.3 is 0 Å². The van der Waals surface area contributed by atoms with E-state index in [1.165, 1.54) is 11.5 Å². The number of aromatic nitrogens is 3. The SMILES string of the molecule is Cc1sc2ncn(Cc3ccns3)c(=O)c2c1C. The molecule has 0 amide bonds. The van der Waals surface area contributed by atoms with Crippen molar-refractivity contribution in [1.29, 1.82) is 0 Å². The van der Waals surface area contributed by atoms with E-state index in [0.29, 0.717) is 6.54 Å². The van der Waals surface area contributed by atoms with E-state index in [-0.39, 0.29) is 5.56 Å². The van der Waals surface area contributed by atoms with Crippen molar-refractivity contribution in [2.24, 2.45) is 0 Å². The zero-order valence-corrected chi connectivity index (χ0v) is 11.6. The minimum absolute atomic E-state index is 0.0373. The van der Waals surface area contributed by atoms with Crippen molar-refractivity contribution < 1.29 is 0 Å². The molecular weight excluding hydrogens is 266 g/mol. The zero-order chi connectivity index (χ0) is 12.7. The van der Waals surface area contributed by atoms with Gasteiger partial charge in [-0.25, -0.2) is 9.36 Å². The molecule has 0 saturated heterocycles. The van der Waals surface area contributed by atoms with Crippen LogP contribution in [0.1, 0.15) is 15.3 Å². The van der Waals surface area contributed by atoms with E-state index in [2.05, 4.69) is 9.36 Å². The van der Waals surface area contributed by atoms with Crippen molar-refractivity contribution in [2.45, 2.75) is 20.4 Å². The Kier molecular flexibility index (Phi) is 2.76. The van der Waals surface area contributed by atoms with Crippen LogP contribution in [0, 0.1) is 13.8 Å². The van der Waals surface area contributed by atoms with Gasteiger partial charge in [0.05, 0.1) is 18.3 Å². The average Bonchev–Trinajstić information content (AvgIpc) is 2.93. The van der Waals surface area contributed by atoms with Gasteiger partial charge in [0.1, 0.15) is 4.83 Å². The second-order valence-electron chi connectivity index (χ2n) is 4.12. The highest BCUT2D eigenvalue weighted by Gasteiger charge is 2.12. The van der Waals surface area contributed by atoms with Crippen molar-refractivity contribution in [3.05, 3.63) is 44.3 Å². The molecular formula is C12H11N3OS2. The molecule has 0 aromatic carbocycles. The molecule has 92 valence electrons. The lowest BCUT2D eigenvalue weighted by Crippen LogP contribution is -2.20. The van der Waals surface area contributed by atoms with Crippen LogP contribution in [-0.4, -0.2) is 13.9 Å². The van der Waals surface area contributed by atoms with Crippen LogP contribution in [0.5, 0.6) is 0 Å². The molecule has 0 bridgehead atoms. The third-order valence-electron chi connectivity index (χ3n) is 2.97. The zero-order valence-electron chi connectivity index (χ0n) is 10.0. The maximum absolute atomic E-state index is 12.4. The Morgan fingerprint density at radius 1 is 1.39 bits per heavy atom. The summed E-state index contributed by atoms with van der Waals surface area (Å²) >= 11 is 2.98. The topological polar surface area (TPSA) is 47.8 Å². The second kappa shape index (κ2) is 4.29. The number of rotatable bonds is 2. The number of hydrogen-bond donors (Lipinski definition) is 0. The van der Waals surface area contributed by atoms with Crippen LogP contribution in [0.2, 0.25) is 0 Å². The summed E-state index contributed by atoms with van der Waals surface area (Å²) in [6, 6.07) is 1.92. The molecule has 0 aliphatic carbocycles. The van der Waals surface area contributed by atoms with E-state index >= 15 is 0 Å². The first-order valence-corrected chi connectivity index (χ1v) is 7.10. The summed E-state index contributed by atoms with van der Waals surface area (Å²) in [5.74, 6) is 0. The summed E-state index contributed by atoms with van der Waals surface area (Å²) in [4.78, 5) is 19.8. The van der Waals surface area contributed by atoms with Gasteiger partial charge in [-0.15, -0.1) is 11.3 Å². The van der Waals surface area contributed by atoms with Crippen LogP contribution >= 0.6 is 22.9 Å². The van der Waals surface area contributed by atoms with Crippen LogP contribution in [-0.2, 0) is 6.54 Å². The highest BCUT2D eigenvalue weighted by molar-refractivity contribution is 7.18. The lowest BCUT2D eigenvalue weighted by atomic mass is 10.2. The van der Waals surface area contributed by atoms with Gasteiger partial charge in [-0.05, 0) is 37.0 Å². The van der Waals surface area contributed by atoms with Gasteiger partial charge in [0.2, 0.25) is 0 Å². The highest BCUT2D eigenvalue weighted by atomic mass is 32.1. The molecule has 3 heterocycles. The van der Waals surface area contributed by atoms with Crippen molar-refractivity contribution in [3.8, 4) is 0 Å². The minimum Gasteiger partial charge on any atom is -0.293 e. The Bertz CT molecular complexity index is 756. The Hall–Kier alpha value is -1.53. The first-order valence-electron chi connectivity index (χ1n) is 5.51. The monoisotopic (exact) mass is 277 g/mol. The van der Waals surface area contributed by atoms with Crippen LogP contribution < -0.4 is 5.56 Å². The molecule has 3 aromatic heterocycles.